The van der Waals surface area contributed by atoms with E-state index in [-0.39, 0.29) is 18.6 Å². The van der Waals surface area contributed by atoms with Crippen LogP contribution in [0.4, 0.5) is 0 Å². The minimum absolute atomic E-state index is 0.0342. The Hall–Kier alpha value is -3.10. The van der Waals surface area contributed by atoms with Crippen molar-refractivity contribution < 1.29 is 24.5 Å². The molecule has 1 saturated heterocycles. The molecule has 2 aromatic rings. The highest BCUT2D eigenvalue weighted by atomic mass is 16.6. The molecule has 0 aliphatic carbocycles. The van der Waals surface area contributed by atoms with Crippen LogP contribution >= 0.6 is 0 Å². The molecule has 152 valence electrons. The van der Waals surface area contributed by atoms with Crippen LogP contribution in [0.5, 0.6) is 0 Å². The second-order valence-corrected chi connectivity index (χ2v) is 6.33. The zero-order chi connectivity index (χ0) is 21.0. The van der Waals surface area contributed by atoms with Crippen molar-refractivity contribution in [3.8, 4) is 6.07 Å². The quantitative estimate of drug-likeness (QED) is 0.602. The van der Waals surface area contributed by atoms with Crippen molar-refractivity contribution in [3.05, 3.63) is 69.0 Å². The van der Waals surface area contributed by atoms with Crippen molar-refractivity contribution in [3.63, 3.8) is 0 Å². The number of nitriles is 1. The van der Waals surface area contributed by atoms with Gasteiger partial charge in [-0.25, -0.2) is 4.79 Å². The molecule has 0 radical (unpaired) electrons. The maximum absolute atomic E-state index is 12.9. The van der Waals surface area contributed by atoms with Gasteiger partial charge >= 0.3 is 5.69 Å². The summed E-state index contributed by atoms with van der Waals surface area (Å²) in [6.07, 6.45) is -3.43. The third-order valence-corrected chi connectivity index (χ3v) is 4.53. The Balaban J connectivity index is 2.02. The van der Waals surface area contributed by atoms with Crippen LogP contribution in [0.1, 0.15) is 23.0 Å². The normalized spacial score (nSPS) is 23.6. The lowest BCUT2D eigenvalue weighted by molar-refractivity contribution is -0.0736. The highest BCUT2D eigenvalue weighted by Gasteiger charge is 2.45. The smallest absolute Gasteiger partial charge is 0.340 e. The number of ether oxygens (including phenoxy) is 2. The molecule has 3 rings (SSSR count). The number of hydrogen-bond acceptors (Lipinski definition) is 8. The van der Waals surface area contributed by atoms with Crippen LogP contribution in [0.2, 0.25) is 0 Å². The van der Waals surface area contributed by atoms with Crippen LogP contribution in [-0.4, -0.2) is 56.8 Å². The van der Waals surface area contributed by atoms with Crippen molar-refractivity contribution in [1.82, 2.24) is 9.13 Å². The molecule has 0 saturated carbocycles. The molecule has 0 amide bonds. The van der Waals surface area contributed by atoms with Gasteiger partial charge in [-0.05, 0) is 12.1 Å². The minimum atomic E-state index is -1.28. The van der Waals surface area contributed by atoms with E-state index in [1.54, 1.807) is 18.2 Å². The standard InChI is InChI=1S/C19H19N3O7/c20-8-4-10-28-16-15(25)13(11-23)29-18(16)21-9-7-14(24)22(19(21)27)17(26)12-5-2-1-3-6-12/h1-3,5-7,9,13,15-16,18,23,25H,4,10-11H2/t13-,15?,16+,18-/m1/s1. The third kappa shape index (κ3) is 4.03. The van der Waals surface area contributed by atoms with Crippen molar-refractivity contribution in [2.75, 3.05) is 13.2 Å². The number of hydrogen-bond donors (Lipinski definition) is 2. The molecule has 2 N–H and O–H groups in total. The SMILES string of the molecule is N#CCCO[C@H]1C(O)[C@@H](CO)O[C@H]1n1ccc(=O)n(C(=O)c2ccccc2)c1=O. The van der Waals surface area contributed by atoms with Gasteiger partial charge in [0.05, 0.1) is 25.7 Å². The van der Waals surface area contributed by atoms with E-state index in [9.17, 15) is 24.6 Å². The maximum atomic E-state index is 12.9. The van der Waals surface area contributed by atoms with Crippen LogP contribution in [0.25, 0.3) is 0 Å². The molecular weight excluding hydrogens is 382 g/mol. The Morgan fingerprint density at radius 2 is 1.97 bits per heavy atom. The molecule has 1 aliphatic rings. The second kappa shape index (κ2) is 8.93. The van der Waals surface area contributed by atoms with Gasteiger partial charge in [-0.1, -0.05) is 18.2 Å². The number of carbonyl (C=O) groups excluding carboxylic acids is 1. The zero-order valence-electron chi connectivity index (χ0n) is 15.2. The molecule has 10 heteroatoms. The molecular formula is C19H19N3O7. The van der Waals surface area contributed by atoms with Crippen molar-refractivity contribution in [1.29, 1.82) is 5.26 Å². The molecule has 2 heterocycles. The summed E-state index contributed by atoms with van der Waals surface area (Å²) in [6, 6.07) is 10.7. The summed E-state index contributed by atoms with van der Waals surface area (Å²) >= 11 is 0. The number of aliphatic hydroxyl groups is 2. The predicted octanol–water partition coefficient (Wildman–Crippen LogP) is -0.752. The summed E-state index contributed by atoms with van der Waals surface area (Å²) in [5, 5.41) is 28.4. The number of aliphatic hydroxyl groups excluding tert-OH is 2. The van der Waals surface area contributed by atoms with Gasteiger partial charge in [-0.2, -0.15) is 9.83 Å². The van der Waals surface area contributed by atoms with Crippen molar-refractivity contribution >= 4 is 5.91 Å². The predicted molar refractivity (Wildman–Crippen MR) is 98.1 cm³/mol. The van der Waals surface area contributed by atoms with E-state index in [2.05, 4.69) is 0 Å². The molecule has 1 aromatic carbocycles. The van der Waals surface area contributed by atoms with Gasteiger partial charge in [0.25, 0.3) is 11.5 Å². The zero-order valence-corrected chi connectivity index (χ0v) is 15.2. The average molecular weight is 401 g/mol. The van der Waals surface area contributed by atoms with Crippen LogP contribution in [0.15, 0.2) is 52.2 Å². The van der Waals surface area contributed by atoms with E-state index >= 15 is 0 Å². The Morgan fingerprint density at radius 3 is 2.62 bits per heavy atom. The second-order valence-electron chi connectivity index (χ2n) is 6.33. The topological polar surface area (TPSA) is 144 Å². The van der Waals surface area contributed by atoms with Crippen LogP contribution in [0, 0.1) is 11.3 Å². The highest BCUT2D eigenvalue weighted by Crippen LogP contribution is 2.30. The first-order valence-corrected chi connectivity index (χ1v) is 8.86. The Morgan fingerprint density at radius 1 is 1.24 bits per heavy atom. The number of nitrogens with zero attached hydrogens (tertiary/aromatic N) is 3. The number of aromatic nitrogens is 2. The molecule has 1 fully saturated rings. The summed E-state index contributed by atoms with van der Waals surface area (Å²) in [5.41, 5.74) is -1.65. The fraction of sp³-hybridized carbons (Fsp3) is 0.368. The Labute approximate surface area is 164 Å². The summed E-state index contributed by atoms with van der Waals surface area (Å²) in [4.78, 5) is 37.9. The first-order chi connectivity index (χ1) is 14.0. The summed E-state index contributed by atoms with van der Waals surface area (Å²) in [6.45, 7) is -0.569. The molecule has 0 spiro atoms. The largest absolute Gasteiger partial charge is 0.394 e. The fourth-order valence-electron chi connectivity index (χ4n) is 3.10. The van der Waals surface area contributed by atoms with Gasteiger partial charge in [0.15, 0.2) is 6.23 Å². The van der Waals surface area contributed by atoms with Gasteiger partial charge in [0.1, 0.15) is 18.3 Å². The lowest BCUT2D eigenvalue weighted by Gasteiger charge is -2.22. The van der Waals surface area contributed by atoms with E-state index in [1.165, 1.54) is 12.1 Å². The van der Waals surface area contributed by atoms with E-state index in [0.29, 0.717) is 4.57 Å². The summed E-state index contributed by atoms with van der Waals surface area (Å²) in [5.74, 6) is -0.811. The van der Waals surface area contributed by atoms with Crippen LogP contribution in [-0.2, 0) is 9.47 Å². The molecule has 1 unspecified atom stereocenters. The van der Waals surface area contributed by atoms with E-state index in [1.807, 2.05) is 6.07 Å². The van der Waals surface area contributed by atoms with Crippen LogP contribution in [0.3, 0.4) is 0 Å². The molecule has 1 aliphatic heterocycles. The van der Waals surface area contributed by atoms with Crippen LogP contribution < -0.4 is 11.2 Å². The molecule has 1 aromatic heterocycles. The average Bonchev–Trinajstić information content (AvgIpc) is 3.04. The number of rotatable bonds is 6. The highest BCUT2D eigenvalue weighted by molar-refractivity contribution is 5.95. The van der Waals surface area contributed by atoms with Crippen molar-refractivity contribution in [2.45, 2.75) is 31.0 Å². The summed E-state index contributed by atoms with van der Waals surface area (Å²) in [7, 11) is 0. The summed E-state index contributed by atoms with van der Waals surface area (Å²) < 4.78 is 12.4. The first kappa shape index (κ1) is 20.6. The minimum Gasteiger partial charge on any atom is -0.394 e. The van der Waals surface area contributed by atoms with Gasteiger partial charge in [-0.3, -0.25) is 14.2 Å². The maximum Gasteiger partial charge on any atom is 0.340 e. The Kier molecular flexibility index (Phi) is 6.36. The molecule has 0 bridgehead atoms. The number of carbonyl (C=O) groups is 1. The van der Waals surface area contributed by atoms with Crippen molar-refractivity contribution in [2.24, 2.45) is 0 Å². The van der Waals surface area contributed by atoms with E-state index in [0.717, 1.165) is 16.8 Å². The van der Waals surface area contributed by atoms with Gasteiger partial charge in [0, 0.05) is 17.8 Å². The molecule has 4 atom stereocenters. The van der Waals surface area contributed by atoms with E-state index < -0.39 is 48.3 Å². The Bertz CT molecular complexity index is 1020. The van der Waals surface area contributed by atoms with Gasteiger partial charge in [-0.15, -0.1) is 0 Å². The third-order valence-electron chi connectivity index (χ3n) is 4.53. The van der Waals surface area contributed by atoms with Gasteiger partial charge in [0.2, 0.25) is 0 Å². The van der Waals surface area contributed by atoms with Gasteiger partial charge < -0.3 is 19.7 Å². The number of benzene rings is 1. The molecule has 10 nitrogen and oxygen atoms in total. The first-order valence-electron chi connectivity index (χ1n) is 8.86. The molecule has 29 heavy (non-hydrogen) atoms. The monoisotopic (exact) mass is 401 g/mol. The fourth-order valence-corrected chi connectivity index (χ4v) is 3.10. The lowest BCUT2D eigenvalue weighted by atomic mass is 10.1. The van der Waals surface area contributed by atoms with E-state index in [4.69, 9.17) is 14.7 Å². The lowest BCUT2D eigenvalue weighted by Crippen LogP contribution is -2.46.